The van der Waals surface area contributed by atoms with Crippen LogP contribution in [0.1, 0.15) is 53.2 Å². The molecule has 1 atom stereocenters. The van der Waals surface area contributed by atoms with Crippen molar-refractivity contribution in [2.45, 2.75) is 53.2 Å². The zero-order valence-electron chi connectivity index (χ0n) is 12.9. The van der Waals surface area contributed by atoms with E-state index in [0.29, 0.717) is 11.2 Å². The lowest BCUT2D eigenvalue weighted by atomic mass is 10.2. The van der Waals surface area contributed by atoms with E-state index < -0.39 is 0 Å². The van der Waals surface area contributed by atoms with Crippen molar-refractivity contribution in [3.8, 4) is 0 Å². The van der Waals surface area contributed by atoms with Gasteiger partial charge in [0.05, 0.1) is 6.33 Å². The molecule has 2 aromatic heterocycles. The molecule has 1 aliphatic heterocycles. The fraction of sp³-hybridized carbons (Fsp3) is 0.643. The van der Waals surface area contributed by atoms with Crippen molar-refractivity contribution >= 4 is 34.4 Å². The molecule has 1 unspecified atom stereocenters. The third-order valence-electron chi connectivity index (χ3n) is 2.82. The number of nitrogens with zero attached hydrogens (tertiary/aromatic N) is 4. The number of hydrogen-bond donors (Lipinski definition) is 0. The van der Waals surface area contributed by atoms with Crippen LogP contribution in [0.15, 0.2) is 6.33 Å². The maximum Gasteiger partial charge on any atom is 0.225 e. The van der Waals surface area contributed by atoms with Crippen LogP contribution in [0.4, 0.5) is 0 Å². The van der Waals surface area contributed by atoms with Gasteiger partial charge < -0.3 is 4.74 Å². The Morgan fingerprint density at radius 2 is 1.86 bits per heavy atom. The van der Waals surface area contributed by atoms with Gasteiger partial charge in [-0.05, 0) is 30.9 Å². The second kappa shape index (κ2) is 9.18. The van der Waals surface area contributed by atoms with Crippen LogP contribution < -0.4 is 0 Å². The van der Waals surface area contributed by atoms with Crippen molar-refractivity contribution in [3.05, 3.63) is 16.8 Å². The molecule has 0 bridgehead atoms. The SMILES string of the molecule is CC.CC.Clc1nc(Cl)c2ncn(C3CCCCO3)c2n1. The number of aromatic nitrogens is 4. The average molecular weight is 333 g/mol. The highest BCUT2D eigenvalue weighted by molar-refractivity contribution is 6.35. The van der Waals surface area contributed by atoms with Crippen LogP contribution in [0.5, 0.6) is 0 Å². The zero-order chi connectivity index (χ0) is 15.8. The highest BCUT2D eigenvalue weighted by atomic mass is 35.5. The smallest absolute Gasteiger partial charge is 0.225 e. The highest BCUT2D eigenvalue weighted by Gasteiger charge is 2.20. The summed E-state index contributed by atoms with van der Waals surface area (Å²) < 4.78 is 7.56. The minimum Gasteiger partial charge on any atom is -0.358 e. The molecule has 2 aromatic rings. The molecule has 0 radical (unpaired) electrons. The predicted octanol–water partition coefficient (Wildman–Crippen LogP) is 4.88. The Balaban J connectivity index is 0.000000510. The second-order valence-electron chi connectivity index (χ2n) is 3.93. The number of imidazole rings is 1. The minimum absolute atomic E-state index is 0.0317. The summed E-state index contributed by atoms with van der Waals surface area (Å²) in [4.78, 5) is 12.2. The standard InChI is InChI=1S/C10H10Cl2N4O.2C2H6/c11-8-7-9(15-10(12)14-8)16(5-13-7)6-3-1-2-4-17-6;2*1-2/h5-6H,1-4H2;2*1-2H3. The maximum absolute atomic E-state index is 5.96. The van der Waals surface area contributed by atoms with Crippen molar-refractivity contribution in [3.63, 3.8) is 0 Å². The first kappa shape index (κ1) is 18.1. The van der Waals surface area contributed by atoms with Gasteiger partial charge in [0.15, 0.2) is 10.8 Å². The fourth-order valence-corrected chi connectivity index (χ4v) is 2.43. The van der Waals surface area contributed by atoms with Crippen LogP contribution in [0.2, 0.25) is 10.4 Å². The van der Waals surface area contributed by atoms with Crippen molar-refractivity contribution < 1.29 is 4.74 Å². The van der Waals surface area contributed by atoms with E-state index in [1.165, 1.54) is 0 Å². The lowest BCUT2D eigenvalue weighted by molar-refractivity contribution is -0.0298. The summed E-state index contributed by atoms with van der Waals surface area (Å²) in [5.41, 5.74) is 1.19. The topological polar surface area (TPSA) is 52.8 Å². The fourth-order valence-electron chi connectivity index (χ4n) is 2.01. The molecular weight excluding hydrogens is 311 g/mol. The quantitative estimate of drug-likeness (QED) is 0.551. The van der Waals surface area contributed by atoms with Gasteiger partial charge in [-0.25, -0.2) is 9.97 Å². The molecule has 21 heavy (non-hydrogen) atoms. The molecule has 0 N–H and O–H groups in total. The normalized spacial score (nSPS) is 17.5. The van der Waals surface area contributed by atoms with Gasteiger partial charge in [-0.1, -0.05) is 39.3 Å². The van der Waals surface area contributed by atoms with E-state index in [1.807, 2.05) is 32.3 Å². The van der Waals surface area contributed by atoms with Crippen LogP contribution in [0.25, 0.3) is 11.2 Å². The summed E-state index contributed by atoms with van der Waals surface area (Å²) >= 11 is 11.8. The number of ether oxygens (including phenoxy) is 1. The molecule has 0 aliphatic carbocycles. The van der Waals surface area contributed by atoms with E-state index in [0.717, 1.165) is 25.9 Å². The van der Waals surface area contributed by atoms with Crippen molar-refractivity contribution in [1.29, 1.82) is 0 Å². The number of hydrogen-bond acceptors (Lipinski definition) is 4. The third kappa shape index (κ3) is 4.28. The van der Waals surface area contributed by atoms with Gasteiger partial charge >= 0.3 is 0 Å². The monoisotopic (exact) mass is 332 g/mol. The van der Waals surface area contributed by atoms with E-state index in [2.05, 4.69) is 15.0 Å². The molecule has 1 saturated heterocycles. The Labute approximate surface area is 135 Å². The van der Waals surface area contributed by atoms with E-state index in [9.17, 15) is 0 Å². The van der Waals surface area contributed by atoms with Gasteiger partial charge in [0, 0.05) is 6.61 Å². The van der Waals surface area contributed by atoms with Crippen LogP contribution in [-0.2, 0) is 4.74 Å². The molecule has 0 amide bonds. The number of fused-ring (bicyclic) bond motifs is 1. The molecule has 118 valence electrons. The second-order valence-corrected chi connectivity index (χ2v) is 4.62. The first-order valence-electron chi connectivity index (χ1n) is 7.43. The predicted molar refractivity (Wildman–Crippen MR) is 86.9 cm³/mol. The van der Waals surface area contributed by atoms with Gasteiger partial charge in [-0.15, -0.1) is 0 Å². The molecule has 3 heterocycles. The van der Waals surface area contributed by atoms with Gasteiger partial charge in [0.1, 0.15) is 11.7 Å². The van der Waals surface area contributed by atoms with Crippen LogP contribution >= 0.6 is 23.2 Å². The molecular formula is C14H22Cl2N4O. The van der Waals surface area contributed by atoms with E-state index >= 15 is 0 Å². The lowest BCUT2D eigenvalue weighted by Crippen LogP contribution is -2.17. The Morgan fingerprint density at radius 1 is 1.14 bits per heavy atom. The highest BCUT2D eigenvalue weighted by Crippen LogP contribution is 2.28. The molecule has 1 aliphatic rings. The maximum atomic E-state index is 5.96. The van der Waals surface area contributed by atoms with Crippen molar-refractivity contribution in [2.24, 2.45) is 0 Å². The molecule has 1 fully saturated rings. The molecule has 7 heteroatoms. The molecule has 0 aromatic carbocycles. The van der Waals surface area contributed by atoms with E-state index in [4.69, 9.17) is 27.9 Å². The van der Waals surface area contributed by atoms with Gasteiger partial charge in [-0.2, -0.15) is 4.98 Å². The first-order valence-corrected chi connectivity index (χ1v) is 8.18. The molecule has 0 saturated carbocycles. The summed E-state index contributed by atoms with van der Waals surface area (Å²) in [5, 5.41) is 0.398. The van der Waals surface area contributed by atoms with Crippen LogP contribution in [-0.4, -0.2) is 26.1 Å². The first-order chi connectivity index (χ1) is 10.3. The zero-order valence-corrected chi connectivity index (χ0v) is 14.4. The lowest BCUT2D eigenvalue weighted by Gasteiger charge is -2.23. The van der Waals surface area contributed by atoms with Gasteiger partial charge in [0.2, 0.25) is 5.28 Å². The Bertz CT molecular complexity index is 553. The average Bonchev–Trinajstić information content (AvgIpc) is 2.96. The van der Waals surface area contributed by atoms with Crippen molar-refractivity contribution in [1.82, 2.24) is 19.5 Å². The summed E-state index contributed by atoms with van der Waals surface area (Å²) in [6.07, 6.45) is 4.83. The molecule has 0 spiro atoms. The number of halogens is 2. The summed E-state index contributed by atoms with van der Waals surface area (Å²) in [5.74, 6) is 0. The van der Waals surface area contributed by atoms with E-state index in [1.54, 1.807) is 6.33 Å². The van der Waals surface area contributed by atoms with Crippen molar-refractivity contribution in [2.75, 3.05) is 6.61 Å². The summed E-state index contributed by atoms with van der Waals surface area (Å²) in [6.45, 7) is 8.76. The van der Waals surface area contributed by atoms with Crippen LogP contribution in [0.3, 0.4) is 0 Å². The van der Waals surface area contributed by atoms with Gasteiger partial charge in [-0.3, -0.25) is 4.57 Å². The Morgan fingerprint density at radius 3 is 2.48 bits per heavy atom. The third-order valence-corrected chi connectivity index (χ3v) is 3.25. The van der Waals surface area contributed by atoms with Gasteiger partial charge in [0.25, 0.3) is 0 Å². The Kier molecular flexibility index (Phi) is 7.93. The minimum atomic E-state index is -0.0317. The largest absolute Gasteiger partial charge is 0.358 e. The van der Waals surface area contributed by atoms with E-state index in [-0.39, 0.29) is 16.7 Å². The summed E-state index contributed by atoms with van der Waals surface area (Å²) in [7, 11) is 0. The summed E-state index contributed by atoms with van der Waals surface area (Å²) in [6, 6.07) is 0. The van der Waals surface area contributed by atoms with Crippen LogP contribution in [0, 0.1) is 0 Å². The number of rotatable bonds is 1. The Hall–Kier alpha value is -0.910. The molecule has 5 nitrogen and oxygen atoms in total. The molecule has 3 rings (SSSR count).